The fourth-order valence-electron chi connectivity index (χ4n) is 4.59. The standard InChI is InChI=1S/C28H58/c1-4-7-10-12-14-16-17-18-20-22-24-27-28(25-9-6-3)26-23-21-19-15-13-11-8-5-2/h28H,4-27H2,1-3H3. The van der Waals surface area contributed by atoms with E-state index in [1.807, 2.05) is 0 Å². The molecule has 1 atom stereocenters. The van der Waals surface area contributed by atoms with E-state index in [1.54, 1.807) is 0 Å². The Balaban J connectivity index is 3.51. The van der Waals surface area contributed by atoms with Crippen LogP contribution in [0.3, 0.4) is 0 Å². The van der Waals surface area contributed by atoms with Crippen molar-refractivity contribution in [1.82, 2.24) is 0 Å². The Bertz CT molecular complexity index is 257. The molecule has 1 unspecified atom stereocenters. The predicted octanol–water partition coefficient (Wildman–Crippen LogP) is 11.0. The van der Waals surface area contributed by atoms with Gasteiger partial charge in [0.1, 0.15) is 0 Å². The molecule has 0 bridgehead atoms. The maximum absolute atomic E-state index is 2.36. The lowest BCUT2D eigenvalue weighted by Gasteiger charge is -2.16. The van der Waals surface area contributed by atoms with E-state index in [4.69, 9.17) is 0 Å². The lowest BCUT2D eigenvalue weighted by Crippen LogP contribution is -2.01. The third kappa shape index (κ3) is 22.3. The average molecular weight is 395 g/mol. The molecule has 0 fully saturated rings. The molecule has 0 aromatic carbocycles. The van der Waals surface area contributed by atoms with Crippen LogP contribution in [0.4, 0.5) is 0 Å². The monoisotopic (exact) mass is 394 g/mol. The third-order valence-corrected chi connectivity index (χ3v) is 6.65. The zero-order valence-corrected chi connectivity index (χ0v) is 20.5. The fourth-order valence-corrected chi connectivity index (χ4v) is 4.59. The summed E-state index contributed by atoms with van der Waals surface area (Å²) in [6.45, 7) is 6.98. The van der Waals surface area contributed by atoms with Crippen molar-refractivity contribution in [3.63, 3.8) is 0 Å². The Hall–Kier alpha value is 0. The summed E-state index contributed by atoms with van der Waals surface area (Å²) in [4.78, 5) is 0. The van der Waals surface area contributed by atoms with Gasteiger partial charge in [0.05, 0.1) is 0 Å². The van der Waals surface area contributed by atoms with Gasteiger partial charge in [-0.1, -0.05) is 175 Å². The van der Waals surface area contributed by atoms with Gasteiger partial charge in [0.15, 0.2) is 0 Å². The van der Waals surface area contributed by atoms with Gasteiger partial charge in [-0.05, 0) is 5.92 Å². The van der Waals surface area contributed by atoms with Crippen LogP contribution in [0.1, 0.15) is 175 Å². The molecule has 0 saturated heterocycles. The number of hydrogen-bond acceptors (Lipinski definition) is 0. The molecule has 0 heterocycles. The van der Waals surface area contributed by atoms with Crippen LogP contribution in [-0.4, -0.2) is 0 Å². The average Bonchev–Trinajstić information content (AvgIpc) is 2.71. The molecule has 28 heavy (non-hydrogen) atoms. The van der Waals surface area contributed by atoms with E-state index in [0.717, 1.165) is 5.92 Å². The van der Waals surface area contributed by atoms with Gasteiger partial charge >= 0.3 is 0 Å². The van der Waals surface area contributed by atoms with Crippen LogP contribution < -0.4 is 0 Å². The molecule has 0 nitrogen and oxygen atoms in total. The van der Waals surface area contributed by atoms with Crippen molar-refractivity contribution in [1.29, 1.82) is 0 Å². The fraction of sp³-hybridized carbons (Fsp3) is 1.00. The van der Waals surface area contributed by atoms with E-state index in [2.05, 4.69) is 20.8 Å². The van der Waals surface area contributed by atoms with E-state index in [1.165, 1.54) is 154 Å². The molecular weight excluding hydrogens is 336 g/mol. The highest BCUT2D eigenvalue weighted by molar-refractivity contribution is 4.61. The smallest absolute Gasteiger partial charge is 0.0414 e. The van der Waals surface area contributed by atoms with Crippen LogP contribution in [0.15, 0.2) is 0 Å². The molecule has 0 saturated carbocycles. The van der Waals surface area contributed by atoms with Crippen molar-refractivity contribution in [2.24, 2.45) is 5.92 Å². The lowest BCUT2D eigenvalue weighted by molar-refractivity contribution is 0.370. The van der Waals surface area contributed by atoms with Crippen molar-refractivity contribution in [2.75, 3.05) is 0 Å². The highest BCUT2D eigenvalue weighted by atomic mass is 14.1. The van der Waals surface area contributed by atoms with Crippen molar-refractivity contribution < 1.29 is 0 Å². The van der Waals surface area contributed by atoms with Crippen LogP contribution in [0.5, 0.6) is 0 Å². The second-order valence-electron chi connectivity index (χ2n) is 9.60. The minimum absolute atomic E-state index is 1.04. The number of hydrogen-bond donors (Lipinski definition) is 0. The van der Waals surface area contributed by atoms with Gasteiger partial charge in [-0.2, -0.15) is 0 Å². The van der Waals surface area contributed by atoms with Gasteiger partial charge in [0, 0.05) is 0 Å². The molecule has 0 spiro atoms. The summed E-state index contributed by atoms with van der Waals surface area (Å²) < 4.78 is 0. The first-order chi connectivity index (χ1) is 13.8. The maximum atomic E-state index is 2.36. The van der Waals surface area contributed by atoms with E-state index in [-0.39, 0.29) is 0 Å². The molecule has 0 radical (unpaired) electrons. The lowest BCUT2D eigenvalue weighted by atomic mass is 9.90. The highest BCUT2D eigenvalue weighted by Gasteiger charge is 2.08. The summed E-state index contributed by atoms with van der Waals surface area (Å²) in [5.41, 5.74) is 0. The Morgan fingerprint density at radius 3 is 0.857 bits per heavy atom. The first-order valence-corrected chi connectivity index (χ1v) is 13.8. The van der Waals surface area contributed by atoms with E-state index < -0.39 is 0 Å². The summed E-state index contributed by atoms with van der Waals surface area (Å²) in [5.74, 6) is 1.04. The van der Waals surface area contributed by atoms with Gasteiger partial charge in [0.25, 0.3) is 0 Å². The van der Waals surface area contributed by atoms with Crippen molar-refractivity contribution in [3.05, 3.63) is 0 Å². The number of rotatable bonds is 24. The van der Waals surface area contributed by atoms with Crippen LogP contribution in [0, 0.1) is 5.92 Å². The largest absolute Gasteiger partial charge is 0.0654 e. The second kappa shape index (κ2) is 25.0. The van der Waals surface area contributed by atoms with Crippen molar-refractivity contribution in [3.8, 4) is 0 Å². The molecule has 0 N–H and O–H groups in total. The molecule has 0 aliphatic carbocycles. The summed E-state index contributed by atoms with van der Waals surface area (Å²) in [6, 6.07) is 0. The highest BCUT2D eigenvalue weighted by Crippen LogP contribution is 2.24. The minimum atomic E-state index is 1.04. The zero-order chi connectivity index (χ0) is 20.5. The Morgan fingerprint density at radius 2 is 0.536 bits per heavy atom. The van der Waals surface area contributed by atoms with Gasteiger partial charge in [-0.25, -0.2) is 0 Å². The Labute approximate surface area is 181 Å². The summed E-state index contributed by atoms with van der Waals surface area (Å²) in [6.07, 6.45) is 35.3. The zero-order valence-electron chi connectivity index (χ0n) is 20.5. The van der Waals surface area contributed by atoms with Gasteiger partial charge in [-0.3, -0.25) is 0 Å². The molecular formula is C28H58. The maximum Gasteiger partial charge on any atom is -0.0414 e. The summed E-state index contributed by atoms with van der Waals surface area (Å²) >= 11 is 0. The molecule has 0 aromatic heterocycles. The van der Waals surface area contributed by atoms with Gasteiger partial charge in [0.2, 0.25) is 0 Å². The Kier molecular flexibility index (Phi) is 25.0. The third-order valence-electron chi connectivity index (χ3n) is 6.65. The van der Waals surface area contributed by atoms with E-state index in [0.29, 0.717) is 0 Å². The number of unbranched alkanes of at least 4 members (excludes halogenated alkanes) is 18. The van der Waals surface area contributed by atoms with Crippen molar-refractivity contribution >= 4 is 0 Å². The molecule has 170 valence electrons. The van der Waals surface area contributed by atoms with Gasteiger partial charge < -0.3 is 0 Å². The molecule has 0 aliphatic heterocycles. The summed E-state index contributed by atoms with van der Waals surface area (Å²) in [5, 5.41) is 0. The first kappa shape index (κ1) is 28.0. The quantitative estimate of drug-likeness (QED) is 0.143. The SMILES string of the molecule is CCCCCCCCCCCCCC(CCCC)CCCCCCCCCC. The topological polar surface area (TPSA) is 0 Å². The van der Waals surface area contributed by atoms with E-state index in [9.17, 15) is 0 Å². The molecule has 0 aromatic rings. The summed E-state index contributed by atoms with van der Waals surface area (Å²) in [7, 11) is 0. The van der Waals surface area contributed by atoms with Gasteiger partial charge in [-0.15, -0.1) is 0 Å². The first-order valence-electron chi connectivity index (χ1n) is 13.8. The van der Waals surface area contributed by atoms with Crippen LogP contribution >= 0.6 is 0 Å². The van der Waals surface area contributed by atoms with Crippen LogP contribution in [-0.2, 0) is 0 Å². The normalized spacial score (nSPS) is 12.5. The predicted molar refractivity (Wildman–Crippen MR) is 131 cm³/mol. The molecule has 0 aliphatic rings. The van der Waals surface area contributed by atoms with Crippen molar-refractivity contribution in [2.45, 2.75) is 175 Å². The molecule has 0 heteroatoms. The molecule has 0 rings (SSSR count). The minimum Gasteiger partial charge on any atom is -0.0654 e. The molecule has 0 amide bonds. The van der Waals surface area contributed by atoms with E-state index >= 15 is 0 Å². The Morgan fingerprint density at radius 1 is 0.286 bits per heavy atom. The van der Waals surface area contributed by atoms with Crippen LogP contribution in [0.25, 0.3) is 0 Å². The second-order valence-corrected chi connectivity index (χ2v) is 9.60. The van der Waals surface area contributed by atoms with Crippen LogP contribution in [0.2, 0.25) is 0 Å².